The molecule has 0 spiro atoms. The minimum atomic E-state index is -0.877. The average molecular weight is 283 g/mol. The summed E-state index contributed by atoms with van der Waals surface area (Å²) in [6.45, 7) is 5.32. The predicted molar refractivity (Wildman–Crippen MR) is 70.9 cm³/mol. The molecule has 2 unspecified atom stereocenters. The van der Waals surface area contributed by atoms with Crippen LogP contribution in [0.4, 0.5) is 0 Å². The Morgan fingerprint density at radius 2 is 1.80 bits per heavy atom. The van der Waals surface area contributed by atoms with Gasteiger partial charge in [0.1, 0.15) is 0 Å². The molecule has 20 heavy (non-hydrogen) atoms. The second-order valence-corrected chi connectivity index (χ2v) is 5.34. The van der Waals surface area contributed by atoms with Crippen LogP contribution in [-0.2, 0) is 14.4 Å². The zero-order valence-electron chi connectivity index (χ0n) is 11.7. The van der Waals surface area contributed by atoms with Gasteiger partial charge in [0.2, 0.25) is 11.8 Å². The van der Waals surface area contributed by atoms with E-state index in [9.17, 15) is 14.4 Å². The van der Waals surface area contributed by atoms with Crippen molar-refractivity contribution in [2.45, 2.75) is 13.3 Å². The molecule has 7 nitrogen and oxygen atoms in total. The molecule has 2 N–H and O–H groups in total. The monoisotopic (exact) mass is 283 g/mol. The fourth-order valence-corrected chi connectivity index (χ4v) is 2.56. The SMILES string of the molecule is CCNC(=O)CN1CCN(C(=O)C2CC2C(=O)O)CC1. The number of rotatable bonds is 5. The van der Waals surface area contributed by atoms with E-state index in [0.29, 0.717) is 45.7 Å². The Hall–Kier alpha value is -1.63. The number of aliphatic carboxylic acids is 1. The molecule has 1 heterocycles. The Bertz CT molecular complexity index is 404. The number of likely N-dealkylation sites (N-methyl/N-ethyl adjacent to an activating group) is 1. The summed E-state index contributed by atoms with van der Waals surface area (Å²) >= 11 is 0. The van der Waals surface area contributed by atoms with Crippen LogP contribution in [0.2, 0.25) is 0 Å². The summed E-state index contributed by atoms with van der Waals surface area (Å²) in [5.41, 5.74) is 0. The van der Waals surface area contributed by atoms with Crippen LogP contribution in [0.25, 0.3) is 0 Å². The molecule has 2 aliphatic rings. The molecule has 1 aliphatic heterocycles. The van der Waals surface area contributed by atoms with Gasteiger partial charge in [-0.15, -0.1) is 0 Å². The third-order valence-corrected chi connectivity index (χ3v) is 3.85. The fraction of sp³-hybridized carbons (Fsp3) is 0.769. The zero-order valence-corrected chi connectivity index (χ0v) is 11.7. The number of piperazine rings is 1. The number of amides is 2. The van der Waals surface area contributed by atoms with Gasteiger partial charge in [-0.3, -0.25) is 19.3 Å². The van der Waals surface area contributed by atoms with E-state index in [-0.39, 0.29) is 17.7 Å². The number of hydrogen-bond acceptors (Lipinski definition) is 4. The highest BCUT2D eigenvalue weighted by molar-refractivity contribution is 5.89. The van der Waals surface area contributed by atoms with Crippen molar-refractivity contribution in [1.82, 2.24) is 15.1 Å². The molecule has 0 aromatic carbocycles. The highest BCUT2D eigenvalue weighted by atomic mass is 16.4. The molecule has 0 bridgehead atoms. The van der Waals surface area contributed by atoms with Gasteiger partial charge in [-0.25, -0.2) is 0 Å². The zero-order chi connectivity index (χ0) is 14.7. The second kappa shape index (κ2) is 6.21. The molecule has 2 rings (SSSR count). The van der Waals surface area contributed by atoms with E-state index in [1.807, 2.05) is 11.8 Å². The van der Waals surface area contributed by atoms with E-state index < -0.39 is 11.9 Å². The van der Waals surface area contributed by atoms with Gasteiger partial charge >= 0.3 is 5.97 Å². The molecule has 7 heteroatoms. The highest BCUT2D eigenvalue weighted by Gasteiger charge is 2.49. The summed E-state index contributed by atoms with van der Waals surface area (Å²) in [6.07, 6.45) is 0.466. The summed E-state index contributed by atoms with van der Waals surface area (Å²) in [4.78, 5) is 38.0. The van der Waals surface area contributed by atoms with Crippen LogP contribution >= 0.6 is 0 Å². The number of carboxylic acids is 1. The van der Waals surface area contributed by atoms with Gasteiger partial charge in [-0.1, -0.05) is 0 Å². The predicted octanol–water partition coefficient (Wildman–Crippen LogP) is -1.01. The van der Waals surface area contributed by atoms with Crippen molar-refractivity contribution >= 4 is 17.8 Å². The van der Waals surface area contributed by atoms with E-state index in [1.54, 1.807) is 4.90 Å². The lowest BCUT2D eigenvalue weighted by molar-refractivity contribution is -0.142. The number of nitrogens with one attached hydrogen (secondary N) is 1. The van der Waals surface area contributed by atoms with Crippen LogP contribution in [0, 0.1) is 11.8 Å². The van der Waals surface area contributed by atoms with Gasteiger partial charge in [0, 0.05) is 32.7 Å². The molecular weight excluding hydrogens is 262 g/mol. The van der Waals surface area contributed by atoms with Crippen molar-refractivity contribution < 1.29 is 19.5 Å². The molecule has 2 atom stereocenters. The molecule has 112 valence electrons. The maximum absolute atomic E-state index is 12.1. The first-order valence-corrected chi connectivity index (χ1v) is 7.03. The average Bonchev–Trinajstić information content (AvgIpc) is 3.19. The molecule has 0 radical (unpaired) electrons. The normalized spacial score (nSPS) is 26.1. The molecule has 0 aromatic heterocycles. The maximum atomic E-state index is 12.1. The Kier molecular flexibility index (Phi) is 4.59. The van der Waals surface area contributed by atoms with Crippen LogP contribution in [0.1, 0.15) is 13.3 Å². The largest absolute Gasteiger partial charge is 0.481 e. The molecular formula is C13H21N3O4. The summed E-state index contributed by atoms with van der Waals surface area (Å²) < 4.78 is 0. The number of nitrogens with zero attached hydrogens (tertiary/aromatic N) is 2. The lowest BCUT2D eigenvalue weighted by Gasteiger charge is -2.34. The third kappa shape index (κ3) is 3.47. The highest BCUT2D eigenvalue weighted by Crippen LogP contribution is 2.40. The Morgan fingerprint density at radius 1 is 1.15 bits per heavy atom. The number of carbonyl (C=O) groups excluding carboxylic acids is 2. The lowest BCUT2D eigenvalue weighted by atomic mass is 10.2. The van der Waals surface area contributed by atoms with E-state index in [0.717, 1.165) is 0 Å². The Labute approximate surface area is 117 Å². The van der Waals surface area contributed by atoms with Crippen molar-refractivity contribution in [3.8, 4) is 0 Å². The van der Waals surface area contributed by atoms with Gasteiger partial charge in [0.15, 0.2) is 0 Å². The quantitative estimate of drug-likeness (QED) is 0.674. The number of hydrogen-bond donors (Lipinski definition) is 2. The number of carbonyl (C=O) groups is 3. The standard InChI is InChI=1S/C13H21N3O4/c1-2-14-11(17)8-15-3-5-16(6-4-15)12(18)9-7-10(9)13(19)20/h9-10H,2-8H2,1H3,(H,14,17)(H,19,20). The van der Waals surface area contributed by atoms with E-state index in [1.165, 1.54) is 0 Å². The van der Waals surface area contributed by atoms with Crippen molar-refractivity contribution in [3.63, 3.8) is 0 Å². The molecule has 2 amide bonds. The lowest BCUT2D eigenvalue weighted by Crippen LogP contribution is -2.51. The topological polar surface area (TPSA) is 90.0 Å². The van der Waals surface area contributed by atoms with Gasteiger partial charge in [-0.05, 0) is 13.3 Å². The van der Waals surface area contributed by atoms with Crippen LogP contribution in [0.15, 0.2) is 0 Å². The van der Waals surface area contributed by atoms with E-state index in [4.69, 9.17) is 5.11 Å². The van der Waals surface area contributed by atoms with Crippen molar-refractivity contribution in [2.24, 2.45) is 11.8 Å². The van der Waals surface area contributed by atoms with Gasteiger partial charge < -0.3 is 15.3 Å². The van der Waals surface area contributed by atoms with Crippen LogP contribution in [0.3, 0.4) is 0 Å². The van der Waals surface area contributed by atoms with Gasteiger partial charge in [0.05, 0.1) is 18.4 Å². The molecule has 0 aromatic rings. The number of carboxylic acid groups (broad SMARTS) is 1. The van der Waals surface area contributed by atoms with Gasteiger partial charge in [-0.2, -0.15) is 0 Å². The first-order valence-electron chi connectivity index (χ1n) is 7.03. The smallest absolute Gasteiger partial charge is 0.307 e. The third-order valence-electron chi connectivity index (χ3n) is 3.85. The van der Waals surface area contributed by atoms with Crippen LogP contribution < -0.4 is 5.32 Å². The molecule has 1 saturated heterocycles. The first-order chi connectivity index (χ1) is 9.52. The fourth-order valence-electron chi connectivity index (χ4n) is 2.56. The molecule has 2 fully saturated rings. The van der Waals surface area contributed by atoms with Crippen molar-refractivity contribution in [3.05, 3.63) is 0 Å². The summed E-state index contributed by atoms with van der Waals surface area (Å²) in [5, 5.41) is 11.6. The van der Waals surface area contributed by atoms with Crippen LogP contribution in [-0.4, -0.2) is 72.0 Å². The Balaban J connectivity index is 1.73. The minimum absolute atomic E-state index is 0.000380. The van der Waals surface area contributed by atoms with E-state index in [2.05, 4.69) is 5.32 Å². The summed E-state index contributed by atoms with van der Waals surface area (Å²) in [6, 6.07) is 0. The summed E-state index contributed by atoms with van der Waals surface area (Å²) in [7, 11) is 0. The maximum Gasteiger partial charge on any atom is 0.307 e. The first kappa shape index (κ1) is 14.8. The molecule has 1 aliphatic carbocycles. The summed E-state index contributed by atoms with van der Waals surface area (Å²) in [5.74, 6) is -1.74. The van der Waals surface area contributed by atoms with Crippen molar-refractivity contribution in [2.75, 3.05) is 39.3 Å². The van der Waals surface area contributed by atoms with Crippen molar-refractivity contribution in [1.29, 1.82) is 0 Å². The molecule has 1 saturated carbocycles. The second-order valence-electron chi connectivity index (χ2n) is 5.34. The minimum Gasteiger partial charge on any atom is -0.481 e. The Morgan fingerprint density at radius 3 is 2.30 bits per heavy atom. The van der Waals surface area contributed by atoms with Crippen LogP contribution in [0.5, 0.6) is 0 Å². The van der Waals surface area contributed by atoms with Gasteiger partial charge in [0.25, 0.3) is 0 Å². The van der Waals surface area contributed by atoms with E-state index >= 15 is 0 Å².